The molecular formula is C19H28N2O5S. The molecule has 1 N–H and O–H groups in total. The van der Waals surface area contributed by atoms with Crippen LogP contribution in [-0.4, -0.2) is 57.7 Å². The normalized spacial score (nSPS) is 14.8. The third-order valence-corrected chi connectivity index (χ3v) is 5.17. The molecule has 1 aromatic rings. The lowest BCUT2D eigenvalue weighted by Crippen LogP contribution is -2.35. The Bertz CT molecular complexity index is 725. The van der Waals surface area contributed by atoms with E-state index in [1.54, 1.807) is 24.3 Å². The summed E-state index contributed by atoms with van der Waals surface area (Å²) in [6.45, 7) is 2.21. The Morgan fingerprint density at radius 3 is 2.41 bits per heavy atom. The Labute approximate surface area is 161 Å². The fourth-order valence-corrected chi connectivity index (χ4v) is 3.43. The van der Waals surface area contributed by atoms with E-state index in [2.05, 4.69) is 4.72 Å². The number of amides is 1. The Kier molecular flexibility index (Phi) is 8.24. The van der Waals surface area contributed by atoms with E-state index in [9.17, 15) is 18.0 Å². The third kappa shape index (κ3) is 8.09. The van der Waals surface area contributed by atoms with Gasteiger partial charge in [0.15, 0.2) is 0 Å². The fraction of sp³-hybridized carbons (Fsp3) is 0.579. The summed E-state index contributed by atoms with van der Waals surface area (Å²) in [5, 5.41) is 0. The predicted octanol–water partition coefficient (Wildman–Crippen LogP) is 1.73. The van der Waals surface area contributed by atoms with Crippen LogP contribution in [0.2, 0.25) is 0 Å². The molecule has 0 saturated carbocycles. The van der Waals surface area contributed by atoms with Gasteiger partial charge in [-0.2, -0.15) is 0 Å². The second-order valence-electron chi connectivity index (χ2n) is 6.79. The molecule has 1 heterocycles. The lowest BCUT2D eigenvalue weighted by Gasteiger charge is -2.26. The smallest absolute Gasteiger partial charge is 0.338 e. The molecule has 0 aromatic heterocycles. The summed E-state index contributed by atoms with van der Waals surface area (Å²) in [4.78, 5) is 26.0. The van der Waals surface area contributed by atoms with Crippen LogP contribution < -0.4 is 4.72 Å². The van der Waals surface area contributed by atoms with Gasteiger partial charge in [-0.3, -0.25) is 4.79 Å². The van der Waals surface area contributed by atoms with Crippen LogP contribution in [0.3, 0.4) is 0 Å². The molecule has 1 fully saturated rings. The summed E-state index contributed by atoms with van der Waals surface area (Å²) in [5.41, 5.74) is 1.37. The van der Waals surface area contributed by atoms with Gasteiger partial charge < -0.3 is 9.64 Å². The van der Waals surface area contributed by atoms with E-state index >= 15 is 0 Å². The lowest BCUT2D eigenvalue weighted by molar-refractivity contribution is -0.132. The molecule has 1 aliphatic rings. The Balaban J connectivity index is 1.67. The maximum Gasteiger partial charge on any atom is 0.338 e. The van der Waals surface area contributed by atoms with Crippen molar-refractivity contribution >= 4 is 21.9 Å². The first kappa shape index (κ1) is 21.4. The Morgan fingerprint density at radius 2 is 1.78 bits per heavy atom. The molecule has 2 rings (SSSR count). The lowest BCUT2D eigenvalue weighted by atomic mass is 10.1. The summed E-state index contributed by atoms with van der Waals surface area (Å²) in [7, 11) is -3.19. The molecule has 150 valence electrons. The van der Waals surface area contributed by atoms with Crippen LogP contribution in [-0.2, 0) is 26.0 Å². The van der Waals surface area contributed by atoms with E-state index in [-0.39, 0.29) is 12.5 Å². The molecule has 1 saturated heterocycles. The quantitative estimate of drug-likeness (QED) is 0.507. The van der Waals surface area contributed by atoms with E-state index in [4.69, 9.17) is 4.74 Å². The number of rotatable bonds is 9. The summed E-state index contributed by atoms with van der Waals surface area (Å²) in [5.74, 6) is -0.279. The number of nitrogens with zero attached hydrogens (tertiary/aromatic N) is 1. The second-order valence-corrected chi connectivity index (χ2v) is 8.63. The van der Waals surface area contributed by atoms with Crippen molar-refractivity contribution in [2.45, 2.75) is 38.5 Å². The highest BCUT2D eigenvalue weighted by atomic mass is 32.2. The van der Waals surface area contributed by atoms with Gasteiger partial charge in [0.05, 0.1) is 18.4 Å². The number of sulfonamides is 1. The number of carbonyl (C=O) groups is 2. The number of likely N-dealkylation sites (tertiary alicyclic amines) is 1. The zero-order valence-corrected chi connectivity index (χ0v) is 16.6. The molecule has 0 radical (unpaired) electrons. The van der Waals surface area contributed by atoms with Crippen LogP contribution in [0.5, 0.6) is 0 Å². The maximum absolute atomic E-state index is 12.0. The Morgan fingerprint density at radius 1 is 1.11 bits per heavy atom. The molecule has 0 bridgehead atoms. The van der Waals surface area contributed by atoms with Crippen molar-refractivity contribution in [3.05, 3.63) is 35.4 Å². The first-order valence-corrected chi connectivity index (χ1v) is 11.2. The van der Waals surface area contributed by atoms with Gasteiger partial charge in [-0.1, -0.05) is 12.1 Å². The second kappa shape index (κ2) is 10.4. The molecule has 1 aliphatic heterocycles. The number of carbonyl (C=O) groups excluding carboxylic acids is 2. The minimum absolute atomic E-state index is 0.137. The highest BCUT2D eigenvalue weighted by Crippen LogP contribution is 2.11. The first-order chi connectivity index (χ1) is 12.8. The van der Waals surface area contributed by atoms with Gasteiger partial charge in [-0.15, -0.1) is 0 Å². The molecular weight excluding hydrogens is 368 g/mol. The van der Waals surface area contributed by atoms with Gasteiger partial charge in [0.2, 0.25) is 15.9 Å². The largest absolute Gasteiger partial charge is 0.462 e. The molecule has 1 aromatic carbocycles. The number of benzene rings is 1. The summed E-state index contributed by atoms with van der Waals surface area (Å²) < 4.78 is 29.7. The van der Waals surface area contributed by atoms with E-state index < -0.39 is 16.0 Å². The van der Waals surface area contributed by atoms with Crippen LogP contribution in [0.25, 0.3) is 0 Å². The summed E-state index contributed by atoms with van der Waals surface area (Å²) in [6.07, 6.45) is 5.92. The number of hydrogen-bond donors (Lipinski definition) is 1. The summed E-state index contributed by atoms with van der Waals surface area (Å²) in [6, 6.07) is 6.88. The first-order valence-electron chi connectivity index (χ1n) is 9.33. The predicted molar refractivity (Wildman–Crippen MR) is 103 cm³/mol. The van der Waals surface area contributed by atoms with Gasteiger partial charge >= 0.3 is 5.97 Å². The number of piperidine rings is 1. The SMILES string of the molecule is CS(=O)(=O)NCCc1ccc(C(=O)OCCCC(=O)N2CCCCC2)cc1. The number of ether oxygens (including phenoxy) is 1. The highest BCUT2D eigenvalue weighted by Gasteiger charge is 2.16. The molecule has 0 unspecified atom stereocenters. The van der Waals surface area contributed by atoms with Crippen molar-refractivity contribution in [2.24, 2.45) is 0 Å². The van der Waals surface area contributed by atoms with Crippen LogP contribution in [0, 0.1) is 0 Å². The van der Waals surface area contributed by atoms with Gasteiger partial charge in [0.25, 0.3) is 0 Å². The van der Waals surface area contributed by atoms with Crippen LogP contribution in [0.4, 0.5) is 0 Å². The molecule has 8 heteroatoms. The topological polar surface area (TPSA) is 92.8 Å². The number of hydrogen-bond acceptors (Lipinski definition) is 5. The van der Waals surface area contributed by atoms with Crippen LogP contribution in [0.15, 0.2) is 24.3 Å². The van der Waals surface area contributed by atoms with E-state index in [0.29, 0.717) is 31.4 Å². The molecule has 0 atom stereocenters. The van der Waals surface area contributed by atoms with Crippen molar-refractivity contribution in [2.75, 3.05) is 32.5 Å². The van der Waals surface area contributed by atoms with Crippen molar-refractivity contribution in [1.82, 2.24) is 9.62 Å². The maximum atomic E-state index is 12.0. The van der Waals surface area contributed by atoms with Crippen molar-refractivity contribution < 1.29 is 22.7 Å². The van der Waals surface area contributed by atoms with Gasteiger partial charge in [0, 0.05) is 26.1 Å². The minimum Gasteiger partial charge on any atom is -0.462 e. The van der Waals surface area contributed by atoms with E-state index in [1.807, 2.05) is 4.90 Å². The number of nitrogens with one attached hydrogen (secondary N) is 1. The van der Waals surface area contributed by atoms with E-state index in [1.165, 1.54) is 6.42 Å². The Hall–Kier alpha value is -1.93. The molecule has 27 heavy (non-hydrogen) atoms. The average molecular weight is 397 g/mol. The molecule has 0 aliphatic carbocycles. The van der Waals surface area contributed by atoms with E-state index in [0.717, 1.165) is 37.8 Å². The molecule has 7 nitrogen and oxygen atoms in total. The highest BCUT2D eigenvalue weighted by molar-refractivity contribution is 7.88. The zero-order valence-electron chi connectivity index (χ0n) is 15.8. The van der Waals surface area contributed by atoms with Gasteiger partial charge in [0.1, 0.15) is 0 Å². The van der Waals surface area contributed by atoms with Crippen molar-refractivity contribution in [1.29, 1.82) is 0 Å². The minimum atomic E-state index is -3.19. The third-order valence-electron chi connectivity index (χ3n) is 4.44. The number of esters is 1. The van der Waals surface area contributed by atoms with Crippen LogP contribution in [0.1, 0.15) is 48.0 Å². The monoisotopic (exact) mass is 396 g/mol. The molecule has 0 spiro atoms. The van der Waals surface area contributed by atoms with Crippen molar-refractivity contribution in [3.8, 4) is 0 Å². The average Bonchev–Trinajstić information content (AvgIpc) is 2.65. The standard InChI is InChI=1S/C19H28N2O5S/c1-27(24,25)20-12-11-16-7-9-17(10-8-16)19(23)26-15-5-6-18(22)21-13-3-2-4-14-21/h7-10,20H,2-6,11-15H2,1H3. The molecule has 1 amide bonds. The van der Waals surface area contributed by atoms with Gasteiger partial charge in [-0.05, 0) is 49.8 Å². The van der Waals surface area contributed by atoms with Crippen LogP contribution >= 0.6 is 0 Å². The van der Waals surface area contributed by atoms with Crippen molar-refractivity contribution in [3.63, 3.8) is 0 Å². The van der Waals surface area contributed by atoms with Gasteiger partial charge in [-0.25, -0.2) is 17.9 Å². The summed E-state index contributed by atoms with van der Waals surface area (Å²) >= 11 is 0. The fourth-order valence-electron chi connectivity index (χ4n) is 2.96. The zero-order chi connectivity index (χ0) is 19.7.